The third-order valence-corrected chi connectivity index (χ3v) is 10.0. The van der Waals surface area contributed by atoms with Crippen LogP contribution >= 0.6 is 0 Å². The Labute approximate surface area is 363 Å². The summed E-state index contributed by atoms with van der Waals surface area (Å²) < 4.78 is 333. The number of benzene rings is 8. The van der Waals surface area contributed by atoms with Gasteiger partial charge in [-0.15, -0.1) is 0 Å². The standard InChI is InChI=1S/C52H35NO/c1-51(2)39-20-8-3-15-33(39)36-30-29-32(31-44(36)51)53(46-26-14-28-48-50(46)38-19-7-12-27-47(38)54-48)45-25-13-24-43-49(45)37-18-6-11-23-42(37)52(43)40-21-9-4-16-34(40)35-17-5-10-22-41(35)52/h3-31H,1-2H3/i1D3,2D3,3D,4D,5D,6D,7D,8D,9D,10D,11D,12D,13D,14D,15D,16D,17D,18D,19D,20D,21D,22D,23D,24D,25D,26D,27D,28D,29D,30D,31D. The number of hydrogen-bond donors (Lipinski definition) is 0. The number of nitrogens with zero attached hydrogens (tertiary/aromatic N) is 1. The lowest BCUT2D eigenvalue weighted by Crippen LogP contribution is -2.26. The Morgan fingerprint density at radius 3 is 1.74 bits per heavy atom. The van der Waals surface area contributed by atoms with Gasteiger partial charge in [-0.25, -0.2) is 0 Å². The second kappa shape index (κ2) is 10.5. The second-order valence-corrected chi connectivity index (χ2v) is 12.5. The van der Waals surface area contributed by atoms with Crippen molar-refractivity contribution in [3.8, 4) is 33.4 Å². The summed E-state index contributed by atoms with van der Waals surface area (Å²) in [6, 6.07) is -33.8. The van der Waals surface area contributed by atoms with E-state index in [9.17, 15) is 24.7 Å². The molecule has 0 aliphatic heterocycles. The fourth-order valence-electron chi connectivity index (χ4n) is 7.91. The minimum atomic E-state index is -4.11. The molecule has 2 nitrogen and oxygen atoms in total. The van der Waals surface area contributed by atoms with E-state index in [2.05, 4.69) is 0 Å². The number of rotatable bonds is 3. The van der Waals surface area contributed by atoms with Crippen molar-refractivity contribution in [1.82, 2.24) is 0 Å². The average Bonchev–Trinajstić information content (AvgIpc) is 1.48. The molecule has 1 aromatic heterocycles. The maximum atomic E-state index is 10.5. The molecule has 0 atom stereocenters. The van der Waals surface area contributed by atoms with Gasteiger partial charge in [0, 0.05) is 30.3 Å². The highest BCUT2D eigenvalue weighted by Crippen LogP contribution is 2.65. The van der Waals surface area contributed by atoms with Crippen LogP contribution in [-0.4, -0.2) is 0 Å². The van der Waals surface area contributed by atoms with Gasteiger partial charge in [-0.3, -0.25) is 0 Å². The Hall–Kier alpha value is -6.64. The van der Waals surface area contributed by atoms with E-state index in [-0.39, 0.29) is 0 Å². The number of furan rings is 1. The summed E-state index contributed by atoms with van der Waals surface area (Å²) in [6.07, 6.45) is 0. The molecule has 0 radical (unpaired) electrons. The fourth-order valence-corrected chi connectivity index (χ4v) is 7.91. The highest BCUT2D eigenvalue weighted by atomic mass is 16.3. The Morgan fingerprint density at radius 2 is 1.00 bits per heavy atom. The highest BCUT2D eigenvalue weighted by Gasteiger charge is 2.52. The first-order valence-electron chi connectivity index (χ1n) is 33.6. The van der Waals surface area contributed by atoms with Crippen LogP contribution in [0.5, 0.6) is 0 Å². The molecule has 3 aliphatic rings. The summed E-state index contributed by atoms with van der Waals surface area (Å²) in [5, 5.41) is -1.67. The monoisotopic (exact) mass is 724 g/mol. The molecule has 54 heavy (non-hydrogen) atoms. The maximum Gasteiger partial charge on any atom is 0.137 e. The maximum absolute atomic E-state index is 10.5. The zero-order valence-corrected chi connectivity index (χ0v) is 26.9. The highest BCUT2D eigenvalue weighted by molar-refractivity contribution is 6.14. The lowest BCUT2D eigenvalue weighted by Gasteiger charge is -2.32. The number of hydrogen-bond acceptors (Lipinski definition) is 2. The summed E-state index contributed by atoms with van der Waals surface area (Å²) in [5.41, 5.74) is -24.2. The minimum absolute atomic E-state index is 0.323. The van der Waals surface area contributed by atoms with Crippen molar-refractivity contribution in [3.63, 3.8) is 0 Å². The smallest absolute Gasteiger partial charge is 0.137 e. The normalized spacial score (nSPS) is 24.4. The van der Waals surface area contributed by atoms with Crippen LogP contribution in [0.2, 0.25) is 0 Å². The molecule has 0 amide bonds. The van der Waals surface area contributed by atoms with Crippen molar-refractivity contribution in [2.45, 2.75) is 24.5 Å². The van der Waals surface area contributed by atoms with Crippen LogP contribution in [0.3, 0.4) is 0 Å². The molecule has 9 aromatic rings. The molecular formula is C52H35NO. The van der Waals surface area contributed by atoms with Crippen molar-refractivity contribution in [2.24, 2.45) is 0 Å². The topological polar surface area (TPSA) is 16.4 Å². The summed E-state index contributed by atoms with van der Waals surface area (Å²) in [6.45, 7) is -8.21. The van der Waals surface area contributed by atoms with Crippen LogP contribution in [0.25, 0.3) is 55.3 Å². The van der Waals surface area contributed by atoms with Gasteiger partial charge in [0.2, 0.25) is 0 Å². The lowest BCUT2D eigenvalue weighted by atomic mass is 9.70. The molecule has 2 heteroatoms. The summed E-state index contributed by atoms with van der Waals surface area (Å²) in [5.74, 6) is 0. The molecule has 0 saturated carbocycles. The van der Waals surface area contributed by atoms with E-state index >= 15 is 0 Å². The molecule has 8 aromatic carbocycles. The summed E-state index contributed by atoms with van der Waals surface area (Å²) >= 11 is 0. The van der Waals surface area contributed by atoms with Crippen LogP contribution in [-0.2, 0) is 10.8 Å². The number of anilines is 3. The van der Waals surface area contributed by atoms with E-state index in [4.69, 9.17) is 27.7 Å². The first-order chi connectivity index (χ1) is 41.1. The Bertz CT molecular complexity index is 4850. The summed E-state index contributed by atoms with van der Waals surface area (Å²) in [4.78, 5) is 0.323. The van der Waals surface area contributed by atoms with E-state index in [0.29, 0.717) is 4.90 Å². The van der Waals surface area contributed by atoms with Crippen LogP contribution in [0.15, 0.2) is 180 Å². The third kappa shape index (κ3) is 3.60. The Balaban J connectivity index is 1.45. The Kier molecular flexibility index (Phi) is 2.27. The van der Waals surface area contributed by atoms with Crippen LogP contribution in [0, 0.1) is 0 Å². The molecule has 0 saturated heterocycles. The van der Waals surface area contributed by atoms with E-state index < -0.39 is 306 Å². The largest absolute Gasteiger partial charge is 0.456 e. The molecule has 3 aliphatic carbocycles. The molecular weight excluding hydrogens is 655 g/mol. The molecule has 0 unspecified atom stereocenters. The van der Waals surface area contributed by atoms with Gasteiger partial charge in [0.15, 0.2) is 0 Å². The fraction of sp³-hybridized carbons (Fsp3) is 0.0769. The second-order valence-electron chi connectivity index (χ2n) is 12.5. The van der Waals surface area contributed by atoms with Gasteiger partial charge in [-0.2, -0.15) is 0 Å². The third-order valence-electron chi connectivity index (χ3n) is 10.0. The molecule has 0 fully saturated rings. The van der Waals surface area contributed by atoms with Crippen molar-refractivity contribution in [2.75, 3.05) is 4.90 Å². The zero-order chi connectivity index (χ0) is 66.0. The molecule has 254 valence electrons. The first kappa shape index (κ1) is 11.7. The zero-order valence-electron chi connectivity index (χ0n) is 61.9. The summed E-state index contributed by atoms with van der Waals surface area (Å²) in [7, 11) is 0. The van der Waals surface area contributed by atoms with Crippen LogP contribution in [0.4, 0.5) is 17.1 Å². The van der Waals surface area contributed by atoms with Crippen LogP contribution in [0.1, 0.15) is 95.1 Å². The predicted octanol–water partition coefficient (Wildman–Crippen LogP) is 13.7. The van der Waals surface area contributed by atoms with E-state index in [1.807, 2.05) is 0 Å². The number of fused-ring (bicyclic) bond motifs is 16. The van der Waals surface area contributed by atoms with E-state index in [0.717, 1.165) is 0 Å². The van der Waals surface area contributed by atoms with Crippen molar-refractivity contribution in [1.29, 1.82) is 0 Å². The lowest BCUT2D eigenvalue weighted by molar-refractivity contribution is 0.660. The number of para-hydroxylation sites is 1. The van der Waals surface area contributed by atoms with Crippen LogP contribution < -0.4 is 4.90 Å². The first-order valence-corrected chi connectivity index (χ1v) is 16.1. The molecule has 0 bridgehead atoms. The van der Waals surface area contributed by atoms with Gasteiger partial charge in [-0.05, 0) is 97.5 Å². The quantitative estimate of drug-likeness (QED) is 0.180. The van der Waals surface area contributed by atoms with Gasteiger partial charge in [-0.1, -0.05) is 153 Å². The van der Waals surface area contributed by atoms with Crippen molar-refractivity contribution >= 4 is 39.0 Å². The Morgan fingerprint density at radius 1 is 0.463 bits per heavy atom. The minimum Gasteiger partial charge on any atom is -0.456 e. The predicted molar refractivity (Wildman–Crippen MR) is 222 cm³/mol. The van der Waals surface area contributed by atoms with Gasteiger partial charge in [0.1, 0.15) is 11.2 Å². The van der Waals surface area contributed by atoms with E-state index in [1.54, 1.807) is 0 Å². The van der Waals surface area contributed by atoms with Gasteiger partial charge in [0.25, 0.3) is 0 Å². The van der Waals surface area contributed by atoms with Gasteiger partial charge < -0.3 is 9.32 Å². The SMILES string of the molecule is [2H]c1c([2H])c([2H])c2c(c1[2H])-c1c([2H])c([2H])c([2H])c([2H])c1C21c2c([2H])c([2H])c([2H])c([2H])c2-c2c(N(c3c([2H])c([2H])c4c(c3[2H])C(C([2H])([2H])[2H])(C([2H])([2H])[2H])c3c([2H])c([2H])c([2H])c([2H])c3-4)c3c([2H])c([2H])c([2H])c4oc5c([2H])c([2H])c([2H])c([2H])c5c34)c([2H])c([2H])c([2H])c21. The van der Waals surface area contributed by atoms with Gasteiger partial charge >= 0.3 is 0 Å². The van der Waals surface area contributed by atoms with E-state index in [1.165, 1.54) is 0 Å². The molecule has 1 heterocycles. The van der Waals surface area contributed by atoms with Crippen molar-refractivity contribution in [3.05, 3.63) is 209 Å². The average molecular weight is 725 g/mol. The molecule has 12 rings (SSSR count). The van der Waals surface area contributed by atoms with Gasteiger partial charge in [0.05, 0.1) is 61.9 Å². The van der Waals surface area contributed by atoms with Crippen molar-refractivity contribution < 1.29 is 52.4 Å². The molecule has 1 spiro atoms. The molecule has 0 N–H and O–H groups in total.